The molecule has 1 aliphatic heterocycles. The van der Waals surface area contributed by atoms with E-state index in [0.717, 1.165) is 5.69 Å². The van der Waals surface area contributed by atoms with Gasteiger partial charge in [0.05, 0.1) is 11.4 Å². The molecule has 5 nitrogen and oxygen atoms in total. The second-order valence-electron chi connectivity index (χ2n) is 9.02. The van der Waals surface area contributed by atoms with Crippen molar-refractivity contribution in [3.05, 3.63) is 54.1 Å². The summed E-state index contributed by atoms with van der Waals surface area (Å²) in [7, 11) is 2.17. The summed E-state index contributed by atoms with van der Waals surface area (Å²) in [6.45, 7) is 6.04. The quantitative estimate of drug-likeness (QED) is 0.723. The number of nitrogens with zero attached hydrogens (tertiary/aromatic N) is 2. The first-order chi connectivity index (χ1) is 13.9. The van der Waals surface area contributed by atoms with Crippen LogP contribution in [0.15, 0.2) is 48.5 Å². The van der Waals surface area contributed by atoms with E-state index in [1.54, 1.807) is 6.07 Å². The van der Waals surface area contributed by atoms with Gasteiger partial charge in [0.1, 0.15) is 0 Å². The first kappa shape index (κ1) is 19.8. The predicted molar refractivity (Wildman–Crippen MR) is 120 cm³/mol. The predicted octanol–water partition coefficient (Wildman–Crippen LogP) is 4.22. The van der Waals surface area contributed by atoms with Gasteiger partial charge in [-0.25, -0.2) is 0 Å². The number of para-hydroxylation sites is 2. The fourth-order valence-corrected chi connectivity index (χ4v) is 4.24. The van der Waals surface area contributed by atoms with Gasteiger partial charge in [-0.2, -0.15) is 0 Å². The molecule has 2 aliphatic rings. The maximum atomic E-state index is 12.5. The van der Waals surface area contributed by atoms with Crippen molar-refractivity contribution in [3.8, 4) is 0 Å². The Morgan fingerprint density at radius 1 is 1.14 bits per heavy atom. The molecule has 154 valence electrons. The third-order valence-corrected chi connectivity index (χ3v) is 6.56. The summed E-state index contributed by atoms with van der Waals surface area (Å²) in [5.41, 5.74) is 9.52. The largest absolute Gasteiger partial charge is 0.397 e. The first-order valence-electron chi connectivity index (χ1n) is 10.6. The van der Waals surface area contributed by atoms with E-state index < -0.39 is 0 Å². The summed E-state index contributed by atoms with van der Waals surface area (Å²) in [5.74, 6) is -0.140. The number of carbonyl (C=O) groups is 1. The molecule has 29 heavy (non-hydrogen) atoms. The van der Waals surface area contributed by atoms with Crippen LogP contribution in [0, 0.1) is 5.41 Å². The number of hydrogen-bond donors (Lipinski definition) is 2. The summed E-state index contributed by atoms with van der Waals surface area (Å²) in [6, 6.07) is 15.7. The molecule has 5 heteroatoms. The lowest BCUT2D eigenvalue weighted by Gasteiger charge is -2.38. The van der Waals surface area contributed by atoms with E-state index >= 15 is 0 Å². The van der Waals surface area contributed by atoms with Gasteiger partial charge in [0.25, 0.3) is 5.91 Å². The molecule has 1 saturated carbocycles. The van der Waals surface area contributed by atoms with Crippen molar-refractivity contribution < 1.29 is 4.79 Å². The van der Waals surface area contributed by atoms with Crippen molar-refractivity contribution in [1.29, 1.82) is 0 Å². The number of amides is 1. The normalized spacial score (nSPS) is 19.0. The number of piperidine rings is 1. The van der Waals surface area contributed by atoms with E-state index in [9.17, 15) is 4.79 Å². The topological polar surface area (TPSA) is 61.6 Å². The zero-order chi connectivity index (χ0) is 20.4. The Kier molecular flexibility index (Phi) is 5.50. The van der Waals surface area contributed by atoms with Gasteiger partial charge >= 0.3 is 0 Å². The number of nitrogen functional groups attached to an aromatic ring is 1. The maximum absolute atomic E-state index is 12.5. The fourth-order valence-electron chi connectivity index (χ4n) is 4.24. The van der Waals surface area contributed by atoms with Crippen LogP contribution in [-0.4, -0.2) is 43.5 Å². The van der Waals surface area contributed by atoms with Crippen LogP contribution in [0.4, 0.5) is 17.1 Å². The molecule has 2 aromatic rings. The summed E-state index contributed by atoms with van der Waals surface area (Å²) >= 11 is 0. The molecule has 1 aliphatic carbocycles. The highest BCUT2D eigenvalue weighted by molar-refractivity contribution is 6.05. The van der Waals surface area contributed by atoms with Crippen LogP contribution >= 0.6 is 0 Å². The molecule has 0 radical (unpaired) electrons. The Balaban J connectivity index is 1.32. The molecule has 0 spiro atoms. The molecule has 4 rings (SSSR count). The van der Waals surface area contributed by atoms with Crippen LogP contribution in [0.5, 0.6) is 0 Å². The van der Waals surface area contributed by atoms with Gasteiger partial charge in [0, 0.05) is 44.0 Å². The minimum atomic E-state index is -0.140. The molecular weight excluding hydrogens is 360 g/mol. The highest BCUT2D eigenvalue weighted by Gasteiger charge is 2.39. The SMILES string of the molecule is CN(c1ccc(C(=O)Nc2ccccc2N)cc1)C1CCN(CC2(C)CC2)CC1. The Hall–Kier alpha value is -2.53. The van der Waals surface area contributed by atoms with Crippen LogP contribution < -0.4 is 16.0 Å². The molecule has 1 saturated heterocycles. The Morgan fingerprint density at radius 3 is 2.41 bits per heavy atom. The number of carbonyl (C=O) groups excluding carboxylic acids is 1. The van der Waals surface area contributed by atoms with E-state index in [0.29, 0.717) is 28.4 Å². The van der Waals surface area contributed by atoms with E-state index in [1.807, 2.05) is 42.5 Å². The lowest BCUT2D eigenvalue weighted by atomic mass is 10.0. The van der Waals surface area contributed by atoms with Crippen molar-refractivity contribution in [2.24, 2.45) is 5.41 Å². The molecule has 0 bridgehead atoms. The van der Waals surface area contributed by atoms with E-state index in [1.165, 1.54) is 45.3 Å². The number of benzene rings is 2. The molecule has 2 fully saturated rings. The third-order valence-electron chi connectivity index (χ3n) is 6.56. The second kappa shape index (κ2) is 8.07. The van der Waals surface area contributed by atoms with Gasteiger partial charge in [-0.15, -0.1) is 0 Å². The van der Waals surface area contributed by atoms with E-state index in [2.05, 4.69) is 29.1 Å². The zero-order valence-corrected chi connectivity index (χ0v) is 17.5. The van der Waals surface area contributed by atoms with Crippen LogP contribution in [0.2, 0.25) is 0 Å². The average Bonchev–Trinajstić information content (AvgIpc) is 3.46. The Labute approximate surface area is 173 Å². The number of likely N-dealkylation sites (tertiary alicyclic amines) is 1. The smallest absolute Gasteiger partial charge is 0.255 e. The van der Waals surface area contributed by atoms with Crippen molar-refractivity contribution in [2.75, 3.05) is 42.6 Å². The van der Waals surface area contributed by atoms with Crippen LogP contribution in [0.25, 0.3) is 0 Å². The van der Waals surface area contributed by atoms with Gasteiger partial charge in [-0.05, 0) is 67.5 Å². The number of hydrogen-bond acceptors (Lipinski definition) is 4. The van der Waals surface area contributed by atoms with Gasteiger partial charge in [-0.1, -0.05) is 19.1 Å². The van der Waals surface area contributed by atoms with Crippen molar-refractivity contribution in [2.45, 2.75) is 38.6 Å². The maximum Gasteiger partial charge on any atom is 0.255 e. The molecule has 0 unspecified atom stereocenters. The summed E-state index contributed by atoms with van der Waals surface area (Å²) in [6.07, 6.45) is 5.18. The molecule has 1 amide bonds. The van der Waals surface area contributed by atoms with Crippen LogP contribution in [0.1, 0.15) is 43.0 Å². The highest BCUT2D eigenvalue weighted by Crippen LogP contribution is 2.45. The monoisotopic (exact) mass is 392 g/mol. The average molecular weight is 393 g/mol. The zero-order valence-electron chi connectivity index (χ0n) is 17.5. The van der Waals surface area contributed by atoms with Crippen molar-refractivity contribution in [3.63, 3.8) is 0 Å². The molecular formula is C24H32N4O. The number of rotatable bonds is 6. The molecule has 1 heterocycles. The Morgan fingerprint density at radius 2 is 1.79 bits per heavy atom. The number of nitrogens with two attached hydrogens (primary N) is 1. The Bertz CT molecular complexity index is 851. The third kappa shape index (κ3) is 4.73. The van der Waals surface area contributed by atoms with Gasteiger partial charge in [0.15, 0.2) is 0 Å². The highest BCUT2D eigenvalue weighted by atomic mass is 16.1. The standard InChI is InChI=1S/C24H32N4O/c1-24(13-14-24)17-28-15-11-20(12-16-28)27(2)19-9-7-18(8-10-19)23(29)26-22-6-4-3-5-21(22)25/h3-10,20H,11-17,25H2,1-2H3,(H,26,29). The van der Waals surface area contributed by atoms with Crippen LogP contribution in [0.3, 0.4) is 0 Å². The number of nitrogens with one attached hydrogen (secondary N) is 1. The molecule has 0 aromatic heterocycles. The number of anilines is 3. The second-order valence-corrected chi connectivity index (χ2v) is 9.02. The van der Waals surface area contributed by atoms with Gasteiger partial charge < -0.3 is 20.9 Å². The summed E-state index contributed by atoms with van der Waals surface area (Å²) < 4.78 is 0. The minimum Gasteiger partial charge on any atom is -0.397 e. The fraction of sp³-hybridized carbons (Fsp3) is 0.458. The first-order valence-corrected chi connectivity index (χ1v) is 10.6. The van der Waals surface area contributed by atoms with Crippen LogP contribution in [-0.2, 0) is 0 Å². The molecule has 2 aromatic carbocycles. The summed E-state index contributed by atoms with van der Waals surface area (Å²) in [4.78, 5) is 17.5. The van der Waals surface area contributed by atoms with Gasteiger partial charge in [0.2, 0.25) is 0 Å². The lowest BCUT2D eigenvalue weighted by molar-refractivity contribution is 0.102. The molecule has 3 N–H and O–H groups in total. The van der Waals surface area contributed by atoms with Crippen molar-refractivity contribution >= 4 is 23.0 Å². The molecule has 0 atom stereocenters. The minimum absolute atomic E-state index is 0.140. The van der Waals surface area contributed by atoms with E-state index in [4.69, 9.17) is 5.73 Å². The van der Waals surface area contributed by atoms with E-state index in [-0.39, 0.29) is 5.91 Å². The van der Waals surface area contributed by atoms with Crippen molar-refractivity contribution in [1.82, 2.24) is 4.90 Å². The van der Waals surface area contributed by atoms with Gasteiger partial charge in [-0.3, -0.25) is 4.79 Å². The lowest BCUT2D eigenvalue weighted by Crippen LogP contribution is -2.44. The summed E-state index contributed by atoms with van der Waals surface area (Å²) in [5, 5.41) is 2.88.